The van der Waals surface area contributed by atoms with E-state index in [1.165, 1.54) is 6.20 Å². The number of anilines is 1. The van der Waals surface area contributed by atoms with E-state index >= 15 is 0 Å². The topological polar surface area (TPSA) is 119 Å². The molecule has 1 aromatic heterocycles. The Morgan fingerprint density at radius 1 is 1.00 bits per heavy atom. The zero-order valence-corrected chi connectivity index (χ0v) is 26.6. The highest BCUT2D eigenvalue weighted by molar-refractivity contribution is 6.30. The van der Waals surface area contributed by atoms with Gasteiger partial charge in [-0.15, -0.1) is 0 Å². The summed E-state index contributed by atoms with van der Waals surface area (Å²) >= 11 is 6.32. The Kier molecular flexibility index (Phi) is 8.51. The van der Waals surface area contributed by atoms with Crippen LogP contribution >= 0.6 is 11.6 Å². The van der Waals surface area contributed by atoms with Crippen molar-refractivity contribution in [3.05, 3.63) is 148 Å². The molecular weight excluding hydrogens is 616 g/mol. The number of benzene rings is 4. The molecule has 0 saturated carbocycles. The summed E-state index contributed by atoms with van der Waals surface area (Å²) < 4.78 is 12.8. The molecule has 47 heavy (non-hydrogen) atoms. The van der Waals surface area contributed by atoms with Gasteiger partial charge in [0.1, 0.15) is 13.2 Å². The number of aryl methyl sites for hydroxylation is 1. The number of likely N-dealkylation sites (N-methyl/N-ethyl adjacent to an activating group) is 1. The lowest BCUT2D eigenvalue weighted by Gasteiger charge is -2.36. The highest BCUT2D eigenvalue weighted by Gasteiger charge is 2.38. The van der Waals surface area contributed by atoms with Crippen molar-refractivity contribution in [2.75, 3.05) is 25.6 Å². The van der Waals surface area contributed by atoms with Crippen LogP contribution in [-0.2, 0) is 12.6 Å². The molecule has 1 aliphatic heterocycles. The van der Waals surface area contributed by atoms with Crippen LogP contribution in [0.25, 0.3) is 22.0 Å². The van der Waals surface area contributed by atoms with E-state index in [0.29, 0.717) is 68.9 Å². The van der Waals surface area contributed by atoms with Crippen molar-refractivity contribution < 1.29 is 19.4 Å². The van der Waals surface area contributed by atoms with Crippen LogP contribution in [0.2, 0.25) is 5.02 Å². The summed E-state index contributed by atoms with van der Waals surface area (Å²) in [5.74, 6) is 0.852. The molecule has 2 heterocycles. The smallest absolute Gasteiger partial charge is 0.255 e. The third kappa shape index (κ3) is 5.82. The molecule has 1 amide bonds. The van der Waals surface area contributed by atoms with E-state index in [0.717, 1.165) is 10.9 Å². The average Bonchev–Trinajstić information content (AvgIpc) is 3.09. The number of nitrogens with one attached hydrogen (secondary N) is 1. The first-order valence-electron chi connectivity index (χ1n) is 14.9. The fourth-order valence-corrected chi connectivity index (χ4v) is 6.01. The molecule has 4 aromatic carbocycles. The maximum absolute atomic E-state index is 13.2. The Balaban J connectivity index is 1.43. The van der Waals surface area contributed by atoms with Gasteiger partial charge in [0, 0.05) is 54.1 Å². The lowest BCUT2D eigenvalue weighted by Crippen LogP contribution is -2.37. The summed E-state index contributed by atoms with van der Waals surface area (Å²) in [5.41, 5.74) is 8.46. The molecule has 0 fully saturated rings. The lowest BCUT2D eigenvalue weighted by atomic mass is 9.81. The van der Waals surface area contributed by atoms with Gasteiger partial charge < -0.3 is 35.1 Å². The number of nitrogens with two attached hydrogens (primary N) is 1. The Labute approximate surface area is 276 Å². The number of pyridine rings is 1. The summed E-state index contributed by atoms with van der Waals surface area (Å²) in [6.07, 6.45) is 2.87. The molecule has 238 valence electrons. The van der Waals surface area contributed by atoms with Gasteiger partial charge in [0.2, 0.25) is 0 Å². The van der Waals surface area contributed by atoms with Crippen LogP contribution in [0.1, 0.15) is 21.5 Å². The molecule has 0 radical (unpaired) electrons. The van der Waals surface area contributed by atoms with Crippen LogP contribution in [0, 0.1) is 0 Å². The molecular formula is C37H33ClN4O5. The second kappa shape index (κ2) is 12.7. The summed E-state index contributed by atoms with van der Waals surface area (Å²) in [5, 5.41) is 16.9. The Hall–Kier alpha value is -5.51. The van der Waals surface area contributed by atoms with Gasteiger partial charge in [-0.2, -0.15) is 0 Å². The van der Waals surface area contributed by atoms with E-state index in [4.69, 9.17) is 26.8 Å². The molecule has 0 spiro atoms. The number of nitrogens with zero attached hydrogens (tertiary/aromatic N) is 2. The Morgan fingerprint density at radius 2 is 1.72 bits per heavy atom. The van der Waals surface area contributed by atoms with Crippen LogP contribution in [-0.4, -0.2) is 40.7 Å². The number of fused-ring (bicyclic) bond motifs is 2. The van der Waals surface area contributed by atoms with Crippen molar-refractivity contribution in [3.8, 4) is 22.6 Å². The summed E-state index contributed by atoms with van der Waals surface area (Å²) in [6.45, 7) is 4.78. The Bertz CT molecular complexity index is 2110. The van der Waals surface area contributed by atoms with Crippen LogP contribution in [0.15, 0.2) is 120 Å². The molecule has 0 aliphatic carbocycles. The zero-order chi connectivity index (χ0) is 33.3. The van der Waals surface area contributed by atoms with Gasteiger partial charge in [0.15, 0.2) is 17.1 Å². The number of rotatable bonds is 8. The van der Waals surface area contributed by atoms with Gasteiger partial charge in [-0.25, -0.2) is 0 Å². The van der Waals surface area contributed by atoms with E-state index in [2.05, 4.69) is 11.9 Å². The number of aliphatic hydroxyl groups is 1. The Morgan fingerprint density at radius 3 is 2.43 bits per heavy atom. The fourth-order valence-electron chi connectivity index (χ4n) is 5.82. The number of carbonyl (C=O) groups is 1. The fraction of sp³-hybridized carbons (Fsp3) is 0.135. The van der Waals surface area contributed by atoms with Gasteiger partial charge in [0.05, 0.1) is 11.2 Å². The second-order valence-corrected chi connectivity index (χ2v) is 11.6. The molecule has 6 rings (SSSR count). The second-order valence-electron chi connectivity index (χ2n) is 11.1. The number of carbonyl (C=O) groups excluding carboxylic acids is 1. The molecule has 9 nitrogen and oxygen atoms in total. The number of aromatic nitrogens is 1. The van der Waals surface area contributed by atoms with Crippen LogP contribution in [0.5, 0.6) is 11.5 Å². The average molecular weight is 649 g/mol. The van der Waals surface area contributed by atoms with Gasteiger partial charge in [-0.1, -0.05) is 48.5 Å². The molecule has 5 aromatic rings. The van der Waals surface area contributed by atoms with Gasteiger partial charge in [0.25, 0.3) is 11.5 Å². The number of ether oxygens (including phenoxy) is 2. The molecule has 4 N–H and O–H groups in total. The van der Waals surface area contributed by atoms with Crippen molar-refractivity contribution in [1.29, 1.82) is 0 Å². The molecule has 1 unspecified atom stereocenters. The monoisotopic (exact) mass is 648 g/mol. The SMILES string of the molecule is C=CN(C)/C(=C\N)C(O)(c1ccc(C(=O)Nc2ccc3c(c2)OCCO3)cc1)c1ccc2c(c1)c(-c1cccc(Cl)c1)cc(=O)n2C. The van der Waals surface area contributed by atoms with E-state index in [1.54, 1.807) is 103 Å². The van der Waals surface area contributed by atoms with Crippen molar-refractivity contribution in [3.63, 3.8) is 0 Å². The minimum absolute atomic E-state index is 0.186. The standard InChI is InChI=1S/C37H33ClN4O5/c1-4-41(2)34(22-39)37(45,25-10-8-23(9-11-25)36(44)40-28-13-15-32-33(20-28)47-17-16-46-32)26-12-14-31-30(19-26)29(21-35(43)42(31)3)24-6-5-7-27(38)18-24/h4-15,18-22,45H,1,16-17,39H2,2-3H3,(H,40,44)/b34-22-. The zero-order valence-electron chi connectivity index (χ0n) is 25.9. The van der Waals surface area contributed by atoms with Crippen LogP contribution in [0.3, 0.4) is 0 Å². The lowest BCUT2D eigenvalue weighted by molar-refractivity contribution is 0.0964. The minimum Gasteiger partial charge on any atom is -0.486 e. The van der Waals surface area contributed by atoms with Crippen molar-refractivity contribution >= 4 is 34.1 Å². The molecule has 10 heteroatoms. The number of hydrogen-bond donors (Lipinski definition) is 3. The van der Waals surface area contributed by atoms with Crippen molar-refractivity contribution in [2.45, 2.75) is 5.60 Å². The van der Waals surface area contributed by atoms with E-state index in [-0.39, 0.29) is 11.5 Å². The largest absolute Gasteiger partial charge is 0.486 e. The van der Waals surface area contributed by atoms with Crippen molar-refractivity contribution in [1.82, 2.24) is 9.47 Å². The molecule has 1 atom stereocenters. The number of amides is 1. The minimum atomic E-state index is -1.79. The highest BCUT2D eigenvalue weighted by atomic mass is 35.5. The quantitative estimate of drug-likeness (QED) is 0.189. The van der Waals surface area contributed by atoms with Gasteiger partial charge >= 0.3 is 0 Å². The van der Waals surface area contributed by atoms with Gasteiger partial charge in [-0.3, -0.25) is 9.59 Å². The van der Waals surface area contributed by atoms with E-state index in [1.807, 2.05) is 18.2 Å². The highest BCUT2D eigenvalue weighted by Crippen LogP contribution is 2.41. The summed E-state index contributed by atoms with van der Waals surface area (Å²) in [7, 11) is 3.43. The number of halogens is 1. The predicted octanol–water partition coefficient (Wildman–Crippen LogP) is 5.99. The predicted molar refractivity (Wildman–Crippen MR) is 185 cm³/mol. The van der Waals surface area contributed by atoms with Crippen molar-refractivity contribution in [2.24, 2.45) is 12.8 Å². The van der Waals surface area contributed by atoms with E-state index < -0.39 is 5.60 Å². The molecule has 1 aliphatic rings. The number of hydrogen-bond acceptors (Lipinski definition) is 7. The first-order valence-corrected chi connectivity index (χ1v) is 15.2. The summed E-state index contributed by atoms with van der Waals surface area (Å²) in [4.78, 5) is 27.8. The normalized spacial score (nSPS) is 13.9. The molecule has 0 bridgehead atoms. The third-order valence-corrected chi connectivity index (χ3v) is 8.58. The maximum Gasteiger partial charge on any atom is 0.255 e. The third-order valence-electron chi connectivity index (χ3n) is 8.35. The van der Waals surface area contributed by atoms with E-state index in [9.17, 15) is 14.7 Å². The maximum atomic E-state index is 13.2. The molecule has 0 saturated heterocycles. The summed E-state index contributed by atoms with van der Waals surface area (Å²) in [6, 6.07) is 26.1. The van der Waals surface area contributed by atoms with Crippen LogP contribution < -0.4 is 26.1 Å². The first-order chi connectivity index (χ1) is 22.6. The first kappa shape index (κ1) is 31.5. The van der Waals surface area contributed by atoms with Crippen LogP contribution in [0.4, 0.5) is 5.69 Å². The van der Waals surface area contributed by atoms with Gasteiger partial charge in [-0.05, 0) is 77.0 Å².